The maximum atomic E-state index is 6.33. The summed E-state index contributed by atoms with van der Waals surface area (Å²) in [4.78, 5) is 4.71. The van der Waals surface area contributed by atoms with Crippen molar-refractivity contribution >= 4 is 22.6 Å². The van der Waals surface area contributed by atoms with Crippen molar-refractivity contribution < 1.29 is 9.47 Å². The molecule has 2 aromatic rings. The van der Waals surface area contributed by atoms with E-state index in [9.17, 15) is 0 Å². The van der Waals surface area contributed by atoms with E-state index in [-0.39, 0.29) is 5.38 Å². The predicted molar refractivity (Wildman–Crippen MR) is 79.6 cm³/mol. The van der Waals surface area contributed by atoms with Crippen molar-refractivity contribution in [2.45, 2.75) is 31.2 Å². The van der Waals surface area contributed by atoms with E-state index >= 15 is 0 Å². The normalized spacial score (nSPS) is 21.1. The van der Waals surface area contributed by atoms with Crippen molar-refractivity contribution in [1.29, 1.82) is 0 Å². The highest BCUT2D eigenvalue weighted by molar-refractivity contribution is 6.20. The molecule has 5 heteroatoms. The van der Waals surface area contributed by atoms with Crippen LogP contribution in [0.15, 0.2) is 18.2 Å². The Morgan fingerprint density at radius 1 is 1.50 bits per heavy atom. The smallest absolute Gasteiger partial charge is 0.146 e. The molecule has 0 amide bonds. The Bertz CT molecular complexity index is 603. The number of rotatable bonds is 3. The fourth-order valence-corrected chi connectivity index (χ4v) is 3.02. The van der Waals surface area contributed by atoms with Crippen molar-refractivity contribution in [3.63, 3.8) is 0 Å². The molecule has 2 unspecified atom stereocenters. The van der Waals surface area contributed by atoms with Gasteiger partial charge in [0.2, 0.25) is 0 Å². The summed E-state index contributed by atoms with van der Waals surface area (Å²) in [7, 11) is 1.67. The summed E-state index contributed by atoms with van der Waals surface area (Å²) >= 11 is 6.33. The second-order valence-electron chi connectivity index (χ2n) is 5.15. The lowest BCUT2D eigenvalue weighted by Gasteiger charge is -2.26. The number of hydrogen-bond acceptors (Lipinski definition) is 3. The summed E-state index contributed by atoms with van der Waals surface area (Å²) in [5.74, 6) is 1.68. The lowest BCUT2D eigenvalue weighted by molar-refractivity contribution is 0.0595. The zero-order chi connectivity index (χ0) is 14.1. The van der Waals surface area contributed by atoms with E-state index in [1.165, 1.54) is 0 Å². The molecule has 2 heterocycles. The van der Waals surface area contributed by atoms with Gasteiger partial charge in [0.05, 0.1) is 30.7 Å². The van der Waals surface area contributed by atoms with Crippen molar-refractivity contribution in [3.05, 3.63) is 24.0 Å². The van der Waals surface area contributed by atoms with E-state index in [2.05, 4.69) is 10.6 Å². The van der Waals surface area contributed by atoms with Gasteiger partial charge < -0.3 is 14.0 Å². The summed E-state index contributed by atoms with van der Waals surface area (Å²) in [6, 6.07) is 6.30. The maximum absolute atomic E-state index is 6.33. The van der Waals surface area contributed by atoms with Crippen LogP contribution in [-0.4, -0.2) is 29.9 Å². The van der Waals surface area contributed by atoms with Crippen molar-refractivity contribution in [2.24, 2.45) is 0 Å². The molecule has 1 aromatic carbocycles. The van der Waals surface area contributed by atoms with Crippen LogP contribution in [-0.2, 0) is 4.74 Å². The molecule has 0 bridgehead atoms. The number of hydrogen-bond donors (Lipinski definition) is 0. The van der Waals surface area contributed by atoms with Crippen LogP contribution in [0.2, 0.25) is 0 Å². The quantitative estimate of drug-likeness (QED) is 0.810. The number of aromatic nitrogens is 2. The standard InChI is InChI=1S/C15H19ClN2O2/c1-10(16)15-17-14-12(6-3-7-13(14)19-2)18(15)11-5-4-8-20-9-11/h3,6-7,10-11H,4-5,8-9H2,1-2H3. The van der Waals surface area contributed by atoms with Gasteiger partial charge in [-0.25, -0.2) is 4.98 Å². The van der Waals surface area contributed by atoms with Gasteiger partial charge in [-0.1, -0.05) is 6.07 Å². The summed E-state index contributed by atoms with van der Waals surface area (Å²) in [5.41, 5.74) is 1.95. The number of alkyl halides is 1. The Morgan fingerprint density at radius 3 is 3.00 bits per heavy atom. The molecule has 20 heavy (non-hydrogen) atoms. The molecule has 1 saturated heterocycles. The summed E-state index contributed by atoms with van der Waals surface area (Å²) in [5, 5.41) is -0.144. The first-order valence-corrected chi connectivity index (χ1v) is 7.42. The largest absolute Gasteiger partial charge is 0.494 e. The molecule has 4 nitrogen and oxygen atoms in total. The molecule has 1 aromatic heterocycles. The third-order valence-corrected chi connectivity index (χ3v) is 3.98. The molecule has 108 valence electrons. The lowest BCUT2D eigenvalue weighted by atomic mass is 10.1. The average molecular weight is 295 g/mol. The molecule has 1 aliphatic rings. The Balaban J connectivity index is 2.18. The summed E-state index contributed by atoms with van der Waals surface area (Å²) < 4.78 is 13.3. The molecular weight excluding hydrogens is 276 g/mol. The van der Waals surface area contributed by atoms with Gasteiger partial charge >= 0.3 is 0 Å². The van der Waals surface area contributed by atoms with Crippen LogP contribution in [0.1, 0.15) is 37.0 Å². The minimum Gasteiger partial charge on any atom is -0.494 e. The first-order valence-electron chi connectivity index (χ1n) is 6.99. The van der Waals surface area contributed by atoms with Crippen LogP contribution in [0.4, 0.5) is 0 Å². The highest BCUT2D eigenvalue weighted by Crippen LogP contribution is 2.34. The topological polar surface area (TPSA) is 36.3 Å². The van der Waals surface area contributed by atoms with Crippen molar-refractivity contribution in [1.82, 2.24) is 9.55 Å². The van der Waals surface area contributed by atoms with Gasteiger partial charge in [0.1, 0.15) is 17.1 Å². The Hall–Kier alpha value is -1.26. The van der Waals surface area contributed by atoms with E-state index in [0.29, 0.717) is 6.04 Å². The van der Waals surface area contributed by atoms with Gasteiger partial charge in [0.25, 0.3) is 0 Å². The van der Waals surface area contributed by atoms with Crippen molar-refractivity contribution in [2.75, 3.05) is 20.3 Å². The van der Waals surface area contributed by atoms with Gasteiger partial charge in [0, 0.05) is 6.61 Å². The predicted octanol–water partition coefficient (Wildman–Crippen LogP) is 3.70. The van der Waals surface area contributed by atoms with E-state index in [0.717, 1.165) is 48.7 Å². The van der Waals surface area contributed by atoms with Crippen LogP contribution < -0.4 is 4.74 Å². The Morgan fingerprint density at radius 2 is 2.35 bits per heavy atom. The van der Waals surface area contributed by atoms with Gasteiger partial charge in [-0.15, -0.1) is 11.6 Å². The fourth-order valence-electron chi connectivity index (χ4n) is 2.87. The van der Waals surface area contributed by atoms with E-state index in [4.69, 9.17) is 26.1 Å². The summed E-state index contributed by atoms with van der Waals surface area (Å²) in [6.07, 6.45) is 2.17. The zero-order valence-electron chi connectivity index (χ0n) is 11.8. The summed E-state index contributed by atoms with van der Waals surface area (Å²) in [6.45, 7) is 3.52. The third-order valence-electron chi connectivity index (χ3n) is 3.79. The molecule has 0 spiro atoms. The second kappa shape index (κ2) is 5.62. The number of fused-ring (bicyclic) bond motifs is 1. The lowest BCUT2D eigenvalue weighted by Crippen LogP contribution is -2.23. The minimum atomic E-state index is -0.144. The zero-order valence-corrected chi connectivity index (χ0v) is 12.6. The molecular formula is C15H19ClN2O2. The number of halogens is 1. The molecule has 0 N–H and O–H groups in total. The molecule has 1 fully saturated rings. The number of imidazole rings is 1. The highest BCUT2D eigenvalue weighted by atomic mass is 35.5. The highest BCUT2D eigenvalue weighted by Gasteiger charge is 2.24. The van der Waals surface area contributed by atoms with E-state index in [1.54, 1.807) is 7.11 Å². The number of benzene rings is 1. The first-order chi connectivity index (χ1) is 9.72. The molecule has 2 atom stereocenters. The van der Waals surface area contributed by atoms with E-state index < -0.39 is 0 Å². The van der Waals surface area contributed by atoms with E-state index in [1.807, 2.05) is 19.1 Å². The monoisotopic (exact) mass is 294 g/mol. The van der Waals surface area contributed by atoms with Crippen LogP contribution in [0.5, 0.6) is 5.75 Å². The first kappa shape index (κ1) is 13.7. The number of nitrogens with zero attached hydrogens (tertiary/aromatic N) is 2. The average Bonchev–Trinajstić information content (AvgIpc) is 2.87. The number of para-hydroxylation sites is 1. The third kappa shape index (κ3) is 2.27. The van der Waals surface area contributed by atoms with Crippen LogP contribution in [0.3, 0.4) is 0 Å². The Kier molecular flexibility index (Phi) is 3.85. The maximum Gasteiger partial charge on any atom is 0.146 e. The minimum absolute atomic E-state index is 0.144. The Labute approximate surface area is 123 Å². The molecule has 1 aliphatic heterocycles. The number of ether oxygens (including phenoxy) is 2. The van der Waals surface area contributed by atoms with Crippen LogP contribution in [0, 0.1) is 0 Å². The van der Waals surface area contributed by atoms with Crippen LogP contribution >= 0.6 is 11.6 Å². The molecule has 0 radical (unpaired) electrons. The molecule has 0 saturated carbocycles. The molecule has 0 aliphatic carbocycles. The molecule has 3 rings (SSSR count). The van der Waals surface area contributed by atoms with Gasteiger partial charge in [0.15, 0.2) is 0 Å². The van der Waals surface area contributed by atoms with Crippen LogP contribution in [0.25, 0.3) is 11.0 Å². The van der Waals surface area contributed by atoms with Crippen molar-refractivity contribution in [3.8, 4) is 5.75 Å². The second-order valence-corrected chi connectivity index (χ2v) is 5.81. The number of methoxy groups -OCH3 is 1. The van der Waals surface area contributed by atoms with Gasteiger partial charge in [-0.3, -0.25) is 0 Å². The van der Waals surface area contributed by atoms with Gasteiger partial charge in [-0.2, -0.15) is 0 Å². The SMILES string of the molecule is COc1cccc2c1nc(C(C)Cl)n2C1CCCOC1. The van der Waals surface area contributed by atoms with Gasteiger partial charge in [-0.05, 0) is 31.9 Å². The fraction of sp³-hybridized carbons (Fsp3) is 0.533.